The Bertz CT molecular complexity index is 1040. The van der Waals surface area contributed by atoms with E-state index in [-0.39, 0.29) is 24.1 Å². The number of pyridine rings is 1. The second-order valence-corrected chi connectivity index (χ2v) is 9.92. The largest absolute Gasteiger partial charge is 0.481 e. The van der Waals surface area contributed by atoms with E-state index in [1.807, 2.05) is 42.2 Å². The molecule has 1 N–H and O–H groups in total. The number of aromatic nitrogens is 1. The SMILES string of the molecule is CCCN(Cc1ccccc1)c1nc(OC)c(CNC(=O)[C@@H]2CCCN2C(=O)OC(C)(C)C)cc1F. The highest BCUT2D eigenvalue weighted by molar-refractivity contribution is 5.86. The van der Waals surface area contributed by atoms with E-state index >= 15 is 4.39 Å². The molecule has 0 bridgehead atoms. The Morgan fingerprint density at radius 2 is 1.97 bits per heavy atom. The van der Waals surface area contributed by atoms with Crippen molar-refractivity contribution in [2.24, 2.45) is 0 Å². The van der Waals surface area contributed by atoms with Crippen molar-refractivity contribution >= 4 is 17.8 Å². The third-order valence-electron chi connectivity index (χ3n) is 5.84. The van der Waals surface area contributed by atoms with E-state index in [1.54, 1.807) is 20.8 Å². The Kier molecular flexibility index (Phi) is 9.12. The molecule has 8 nitrogen and oxygen atoms in total. The van der Waals surface area contributed by atoms with Crippen molar-refractivity contribution in [3.05, 3.63) is 53.3 Å². The summed E-state index contributed by atoms with van der Waals surface area (Å²) >= 11 is 0. The van der Waals surface area contributed by atoms with E-state index in [0.717, 1.165) is 12.0 Å². The maximum Gasteiger partial charge on any atom is 0.410 e. The molecule has 2 amide bonds. The van der Waals surface area contributed by atoms with Crippen molar-refractivity contribution in [1.29, 1.82) is 0 Å². The highest BCUT2D eigenvalue weighted by atomic mass is 19.1. The number of nitrogens with zero attached hydrogens (tertiary/aromatic N) is 3. The molecule has 1 atom stereocenters. The molecule has 0 saturated carbocycles. The number of carbonyl (C=O) groups excluding carboxylic acids is 2. The van der Waals surface area contributed by atoms with Gasteiger partial charge in [0.25, 0.3) is 0 Å². The summed E-state index contributed by atoms with van der Waals surface area (Å²) in [5.74, 6) is -0.349. The number of amides is 2. The first-order valence-corrected chi connectivity index (χ1v) is 12.4. The summed E-state index contributed by atoms with van der Waals surface area (Å²) in [5, 5.41) is 2.82. The van der Waals surface area contributed by atoms with Gasteiger partial charge >= 0.3 is 6.09 Å². The van der Waals surface area contributed by atoms with Crippen LogP contribution in [0.15, 0.2) is 36.4 Å². The predicted molar refractivity (Wildman–Crippen MR) is 136 cm³/mol. The molecule has 2 heterocycles. The number of hydrogen-bond acceptors (Lipinski definition) is 6. The second-order valence-electron chi connectivity index (χ2n) is 9.92. The topological polar surface area (TPSA) is 84.0 Å². The minimum atomic E-state index is -0.648. The minimum absolute atomic E-state index is 0.0251. The van der Waals surface area contributed by atoms with Crippen LogP contribution in [0, 0.1) is 5.82 Å². The van der Waals surface area contributed by atoms with Crippen LogP contribution in [-0.4, -0.2) is 53.7 Å². The van der Waals surface area contributed by atoms with Crippen LogP contribution in [0.5, 0.6) is 5.88 Å². The number of rotatable bonds is 9. The average Bonchev–Trinajstić information content (AvgIpc) is 3.32. The van der Waals surface area contributed by atoms with Gasteiger partial charge in [-0.15, -0.1) is 0 Å². The van der Waals surface area contributed by atoms with E-state index in [4.69, 9.17) is 9.47 Å². The highest BCUT2D eigenvalue weighted by Crippen LogP contribution is 2.27. The molecule has 0 spiro atoms. The molecule has 1 aromatic carbocycles. The highest BCUT2D eigenvalue weighted by Gasteiger charge is 2.36. The van der Waals surface area contributed by atoms with E-state index < -0.39 is 23.6 Å². The Balaban J connectivity index is 1.72. The van der Waals surface area contributed by atoms with Gasteiger partial charge in [0.05, 0.1) is 7.11 Å². The lowest BCUT2D eigenvalue weighted by Gasteiger charge is -2.28. The maximum atomic E-state index is 15.3. The number of hydrogen-bond donors (Lipinski definition) is 1. The fraction of sp³-hybridized carbons (Fsp3) is 0.519. The molecule has 9 heteroatoms. The molecule has 36 heavy (non-hydrogen) atoms. The summed E-state index contributed by atoms with van der Waals surface area (Å²) in [6, 6.07) is 10.5. The summed E-state index contributed by atoms with van der Waals surface area (Å²) < 4.78 is 26.1. The number of halogens is 1. The van der Waals surface area contributed by atoms with Crippen molar-refractivity contribution < 1.29 is 23.5 Å². The first-order chi connectivity index (χ1) is 17.1. The summed E-state index contributed by atoms with van der Waals surface area (Å²) in [5.41, 5.74) is 0.823. The van der Waals surface area contributed by atoms with Crippen molar-refractivity contribution in [3.8, 4) is 5.88 Å². The average molecular weight is 501 g/mol. The maximum absolute atomic E-state index is 15.3. The van der Waals surface area contributed by atoms with E-state index in [9.17, 15) is 9.59 Å². The number of anilines is 1. The molecule has 1 aromatic heterocycles. The van der Waals surface area contributed by atoms with Gasteiger partial charge in [-0.25, -0.2) is 9.18 Å². The molecule has 1 fully saturated rings. The standard InChI is InChI=1S/C27H37FN4O4/c1-6-14-31(18-19-11-8-7-9-12-19)23-21(28)16-20(25(30-23)35-5)17-29-24(33)22-13-10-15-32(22)26(34)36-27(2,3)4/h7-9,11-12,16,22H,6,10,13-15,17-18H2,1-5H3,(H,29,33)/t22-/m0/s1. The van der Waals surface area contributed by atoms with Crippen molar-refractivity contribution in [2.45, 2.75) is 71.7 Å². The van der Waals surface area contributed by atoms with Crippen LogP contribution in [0.3, 0.4) is 0 Å². The summed E-state index contributed by atoms with van der Waals surface area (Å²) in [6.45, 7) is 9.01. The second kappa shape index (κ2) is 12.1. The van der Waals surface area contributed by atoms with Crippen LogP contribution in [-0.2, 0) is 22.6 Å². The van der Waals surface area contributed by atoms with Gasteiger partial charge in [0.15, 0.2) is 11.6 Å². The van der Waals surface area contributed by atoms with Crippen LogP contribution in [0.2, 0.25) is 0 Å². The molecule has 2 aromatic rings. The lowest BCUT2D eigenvalue weighted by molar-refractivity contribution is -0.125. The Morgan fingerprint density at radius 3 is 2.61 bits per heavy atom. The van der Waals surface area contributed by atoms with E-state index in [2.05, 4.69) is 10.3 Å². The quantitative estimate of drug-likeness (QED) is 0.539. The van der Waals surface area contributed by atoms with Crippen molar-refractivity contribution in [1.82, 2.24) is 15.2 Å². The third kappa shape index (κ3) is 7.08. The fourth-order valence-corrected chi connectivity index (χ4v) is 4.24. The first-order valence-electron chi connectivity index (χ1n) is 12.4. The van der Waals surface area contributed by atoms with Gasteiger partial charge in [-0.3, -0.25) is 9.69 Å². The van der Waals surface area contributed by atoms with Crippen molar-refractivity contribution in [3.63, 3.8) is 0 Å². The van der Waals surface area contributed by atoms with Gasteiger partial charge in [-0.1, -0.05) is 37.3 Å². The van der Waals surface area contributed by atoms with Gasteiger partial charge in [-0.2, -0.15) is 4.98 Å². The zero-order chi connectivity index (χ0) is 26.3. The monoisotopic (exact) mass is 500 g/mol. The lowest BCUT2D eigenvalue weighted by Crippen LogP contribution is -2.47. The Morgan fingerprint density at radius 1 is 1.25 bits per heavy atom. The predicted octanol–water partition coefficient (Wildman–Crippen LogP) is 4.66. The first kappa shape index (κ1) is 27.2. The number of methoxy groups -OCH3 is 1. The van der Waals surface area contributed by atoms with Crippen LogP contribution >= 0.6 is 0 Å². The third-order valence-corrected chi connectivity index (χ3v) is 5.84. The van der Waals surface area contributed by atoms with Gasteiger partial charge < -0.3 is 19.7 Å². The zero-order valence-corrected chi connectivity index (χ0v) is 21.8. The van der Waals surface area contributed by atoms with Crippen LogP contribution in [0.4, 0.5) is 15.0 Å². The Labute approximate surface area is 212 Å². The normalized spacial score (nSPS) is 15.5. The van der Waals surface area contributed by atoms with E-state index in [1.165, 1.54) is 18.1 Å². The molecule has 1 aliphatic heterocycles. The molecule has 0 aliphatic carbocycles. The molecule has 1 saturated heterocycles. The molecule has 1 aliphatic rings. The molecule has 196 valence electrons. The molecular weight excluding hydrogens is 463 g/mol. The smallest absolute Gasteiger partial charge is 0.410 e. The number of likely N-dealkylation sites (tertiary alicyclic amines) is 1. The zero-order valence-electron chi connectivity index (χ0n) is 21.8. The number of carbonyl (C=O) groups is 2. The molecular formula is C27H37FN4O4. The Hall–Kier alpha value is -3.36. The van der Waals surface area contributed by atoms with Gasteiger partial charge in [0, 0.05) is 31.7 Å². The number of benzene rings is 1. The van der Waals surface area contributed by atoms with E-state index in [0.29, 0.717) is 38.0 Å². The molecule has 0 radical (unpaired) electrons. The number of nitrogens with one attached hydrogen (secondary N) is 1. The summed E-state index contributed by atoms with van der Waals surface area (Å²) in [4.78, 5) is 33.2. The number of ether oxygens (including phenoxy) is 2. The summed E-state index contributed by atoms with van der Waals surface area (Å²) in [7, 11) is 1.47. The summed E-state index contributed by atoms with van der Waals surface area (Å²) in [6.07, 6.45) is 1.56. The molecule has 3 rings (SSSR count). The molecule has 0 unspecified atom stereocenters. The van der Waals surface area contributed by atoms with Gasteiger partial charge in [0.2, 0.25) is 11.8 Å². The van der Waals surface area contributed by atoms with Crippen LogP contribution < -0.4 is 15.0 Å². The van der Waals surface area contributed by atoms with Gasteiger partial charge in [-0.05, 0) is 51.7 Å². The van der Waals surface area contributed by atoms with Crippen molar-refractivity contribution in [2.75, 3.05) is 25.1 Å². The van der Waals surface area contributed by atoms with Gasteiger partial charge in [0.1, 0.15) is 11.6 Å². The van der Waals surface area contributed by atoms with Crippen LogP contribution in [0.1, 0.15) is 58.1 Å². The van der Waals surface area contributed by atoms with Crippen LogP contribution in [0.25, 0.3) is 0 Å². The fourth-order valence-electron chi connectivity index (χ4n) is 4.24. The minimum Gasteiger partial charge on any atom is -0.481 e. The lowest BCUT2D eigenvalue weighted by atomic mass is 10.2.